The highest BCUT2D eigenvalue weighted by molar-refractivity contribution is 6.02. The van der Waals surface area contributed by atoms with Gasteiger partial charge in [-0.25, -0.2) is 0 Å². The van der Waals surface area contributed by atoms with Crippen molar-refractivity contribution in [2.45, 2.75) is 13.0 Å². The fourth-order valence-corrected chi connectivity index (χ4v) is 2.11. The van der Waals surface area contributed by atoms with Crippen LogP contribution in [0.1, 0.15) is 21.7 Å². The lowest BCUT2D eigenvalue weighted by Gasteiger charge is -2.16. The molecule has 0 fully saturated rings. The summed E-state index contributed by atoms with van der Waals surface area (Å²) >= 11 is 0. The summed E-state index contributed by atoms with van der Waals surface area (Å²) in [5.41, 5.74) is 3.36. The van der Waals surface area contributed by atoms with Crippen molar-refractivity contribution < 1.29 is 4.79 Å². The van der Waals surface area contributed by atoms with Crippen LogP contribution >= 0.6 is 0 Å². The number of rotatable bonds is 2. The number of nitrogens with zero attached hydrogens (tertiary/aromatic N) is 2. The van der Waals surface area contributed by atoms with E-state index in [4.69, 9.17) is 0 Å². The molecule has 5 nitrogen and oxygen atoms in total. The van der Waals surface area contributed by atoms with Crippen molar-refractivity contribution in [2.24, 2.45) is 0 Å². The summed E-state index contributed by atoms with van der Waals surface area (Å²) in [5.74, 6) is -0.217. The van der Waals surface area contributed by atoms with Crippen molar-refractivity contribution >= 4 is 11.6 Å². The van der Waals surface area contributed by atoms with E-state index in [0.29, 0.717) is 11.4 Å². The average Bonchev–Trinajstić information content (AvgIpc) is 2.48. The Bertz CT molecular complexity index is 598. The Kier molecular flexibility index (Phi) is 3.20. The zero-order chi connectivity index (χ0) is 13.1. The highest BCUT2D eigenvalue weighted by Gasteiger charge is 2.12. The summed E-state index contributed by atoms with van der Waals surface area (Å²) in [7, 11) is 0. The van der Waals surface area contributed by atoms with Crippen molar-refractivity contribution in [3.05, 3.63) is 53.6 Å². The highest BCUT2D eigenvalue weighted by atomic mass is 16.1. The molecule has 0 atom stereocenters. The Labute approximate surface area is 111 Å². The molecule has 0 aliphatic carbocycles. The van der Waals surface area contributed by atoms with Gasteiger partial charge in [-0.3, -0.25) is 14.8 Å². The lowest BCUT2D eigenvalue weighted by molar-refractivity contribution is 0.102. The van der Waals surface area contributed by atoms with E-state index in [-0.39, 0.29) is 5.91 Å². The smallest absolute Gasteiger partial charge is 0.274 e. The molecular weight excluding hydrogens is 240 g/mol. The van der Waals surface area contributed by atoms with E-state index >= 15 is 0 Å². The SMILES string of the molecule is O=C(Nc1cnc2c(c1)CNCC2)c1ccccn1. The van der Waals surface area contributed by atoms with Gasteiger partial charge >= 0.3 is 0 Å². The number of hydrogen-bond donors (Lipinski definition) is 2. The predicted octanol–water partition coefficient (Wildman–Crippen LogP) is 1.37. The van der Waals surface area contributed by atoms with Crippen LogP contribution in [-0.2, 0) is 13.0 Å². The number of hydrogen-bond acceptors (Lipinski definition) is 4. The number of carbonyl (C=O) groups is 1. The molecule has 0 saturated carbocycles. The quantitative estimate of drug-likeness (QED) is 0.849. The molecule has 1 aliphatic heterocycles. The Morgan fingerprint density at radius 3 is 3.11 bits per heavy atom. The van der Waals surface area contributed by atoms with Gasteiger partial charge in [0.15, 0.2) is 0 Å². The number of fused-ring (bicyclic) bond motifs is 1. The van der Waals surface area contributed by atoms with Crippen molar-refractivity contribution in [3.8, 4) is 0 Å². The van der Waals surface area contributed by atoms with E-state index in [1.165, 1.54) is 0 Å². The fourth-order valence-electron chi connectivity index (χ4n) is 2.11. The Balaban J connectivity index is 1.78. The van der Waals surface area contributed by atoms with Crippen LogP contribution in [0.3, 0.4) is 0 Å². The van der Waals surface area contributed by atoms with Gasteiger partial charge in [-0.05, 0) is 23.8 Å². The number of anilines is 1. The molecule has 1 amide bonds. The van der Waals surface area contributed by atoms with Gasteiger partial charge < -0.3 is 10.6 Å². The molecule has 0 spiro atoms. The number of carbonyl (C=O) groups excluding carboxylic acids is 1. The number of nitrogens with one attached hydrogen (secondary N) is 2. The minimum Gasteiger partial charge on any atom is -0.319 e. The highest BCUT2D eigenvalue weighted by Crippen LogP contribution is 2.16. The van der Waals surface area contributed by atoms with Gasteiger partial charge in [0.2, 0.25) is 0 Å². The summed E-state index contributed by atoms with van der Waals surface area (Å²) in [6, 6.07) is 7.22. The monoisotopic (exact) mass is 254 g/mol. The van der Waals surface area contributed by atoms with E-state index in [2.05, 4.69) is 20.6 Å². The minimum atomic E-state index is -0.217. The van der Waals surface area contributed by atoms with Gasteiger partial charge in [0.25, 0.3) is 5.91 Å². The van der Waals surface area contributed by atoms with Crippen LogP contribution in [0.5, 0.6) is 0 Å². The topological polar surface area (TPSA) is 66.9 Å². The second kappa shape index (κ2) is 5.16. The van der Waals surface area contributed by atoms with Crippen LogP contribution in [0.15, 0.2) is 36.7 Å². The van der Waals surface area contributed by atoms with E-state index in [1.807, 2.05) is 6.07 Å². The number of amides is 1. The maximum Gasteiger partial charge on any atom is 0.274 e. The molecule has 2 N–H and O–H groups in total. The third kappa shape index (κ3) is 2.61. The summed E-state index contributed by atoms with van der Waals surface area (Å²) in [4.78, 5) is 20.4. The standard InChI is InChI=1S/C14H14N4O/c19-14(13-3-1-2-5-16-13)18-11-7-10-8-15-6-4-12(10)17-9-11/h1-3,5,7,9,15H,4,6,8H2,(H,18,19). The molecule has 3 rings (SSSR count). The normalized spacial score (nSPS) is 13.7. The molecule has 2 aromatic rings. The molecule has 5 heteroatoms. The molecule has 3 heterocycles. The molecule has 1 aliphatic rings. The maximum absolute atomic E-state index is 12.0. The van der Waals surface area contributed by atoms with Crippen LogP contribution < -0.4 is 10.6 Å². The van der Waals surface area contributed by atoms with Gasteiger partial charge in [0, 0.05) is 31.4 Å². The Hall–Kier alpha value is -2.27. The molecular formula is C14H14N4O. The minimum absolute atomic E-state index is 0.217. The van der Waals surface area contributed by atoms with Crippen LogP contribution in [0.2, 0.25) is 0 Å². The summed E-state index contributed by atoms with van der Waals surface area (Å²) < 4.78 is 0. The molecule has 96 valence electrons. The molecule has 0 aromatic carbocycles. The third-order valence-corrected chi connectivity index (χ3v) is 3.07. The van der Waals surface area contributed by atoms with Crippen molar-refractivity contribution in [2.75, 3.05) is 11.9 Å². The van der Waals surface area contributed by atoms with Gasteiger partial charge in [0.1, 0.15) is 5.69 Å². The summed E-state index contributed by atoms with van der Waals surface area (Å²) in [6.45, 7) is 1.76. The van der Waals surface area contributed by atoms with Crippen LogP contribution in [-0.4, -0.2) is 22.4 Å². The van der Waals surface area contributed by atoms with Crippen LogP contribution in [0, 0.1) is 0 Å². The van der Waals surface area contributed by atoms with Crippen molar-refractivity contribution in [1.29, 1.82) is 0 Å². The number of pyridine rings is 2. The van der Waals surface area contributed by atoms with E-state index in [1.54, 1.807) is 30.6 Å². The average molecular weight is 254 g/mol. The summed E-state index contributed by atoms with van der Waals surface area (Å²) in [6.07, 6.45) is 4.23. The molecule has 0 unspecified atom stereocenters. The Morgan fingerprint density at radius 2 is 2.26 bits per heavy atom. The summed E-state index contributed by atoms with van der Waals surface area (Å²) in [5, 5.41) is 6.10. The van der Waals surface area contributed by atoms with Crippen molar-refractivity contribution in [3.63, 3.8) is 0 Å². The first-order chi connectivity index (χ1) is 9.33. The van der Waals surface area contributed by atoms with E-state index < -0.39 is 0 Å². The third-order valence-electron chi connectivity index (χ3n) is 3.07. The second-order valence-corrected chi connectivity index (χ2v) is 4.43. The zero-order valence-corrected chi connectivity index (χ0v) is 10.4. The molecule has 2 aromatic heterocycles. The predicted molar refractivity (Wildman–Crippen MR) is 71.8 cm³/mol. The molecule has 0 radical (unpaired) electrons. The van der Waals surface area contributed by atoms with E-state index in [0.717, 1.165) is 30.8 Å². The van der Waals surface area contributed by atoms with Crippen molar-refractivity contribution in [1.82, 2.24) is 15.3 Å². The Morgan fingerprint density at radius 1 is 1.32 bits per heavy atom. The molecule has 0 saturated heterocycles. The largest absolute Gasteiger partial charge is 0.319 e. The van der Waals surface area contributed by atoms with Gasteiger partial charge in [-0.15, -0.1) is 0 Å². The lowest BCUT2D eigenvalue weighted by Crippen LogP contribution is -2.25. The first-order valence-corrected chi connectivity index (χ1v) is 6.24. The van der Waals surface area contributed by atoms with Crippen LogP contribution in [0.25, 0.3) is 0 Å². The number of aromatic nitrogens is 2. The lowest BCUT2D eigenvalue weighted by atomic mass is 10.1. The maximum atomic E-state index is 12.0. The fraction of sp³-hybridized carbons (Fsp3) is 0.214. The first kappa shape index (κ1) is 11.8. The second-order valence-electron chi connectivity index (χ2n) is 4.43. The van der Waals surface area contributed by atoms with Gasteiger partial charge in [-0.2, -0.15) is 0 Å². The first-order valence-electron chi connectivity index (χ1n) is 6.24. The molecule has 0 bridgehead atoms. The van der Waals surface area contributed by atoms with Gasteiger partial charge in [-0.1, -0.05) is 6.07 Å². The zero-order valence-electron chi connectivity index (χ0n) is 10.4. The van der Waals surface area contributed by atoms with Crippen LogP contribution in [0.4, 0.5) is 5.69 Å². The van der Waals surface area contributed by atoms with E-state index in [9.17, 15) is 4.79 Å². The van der Waals surface area contributed by atoms with Gasteiger partial charge in [0.05, 0.1) is 11.9 Å². The molecule has 19 heavy (non-hydrogen) atoms.